The summed E-state index contributed by atoms with van der Waals surface area (Å²) in [5.74, 6) is 1.86. The third-order valence-corrected chi connectivity index (χ3v) is 6.87. The molecule has 3 heterocycles. The molecule has 0 N–H and O–H groups in total. The highest BCUT2D eigenvalue weighted by Crippen LogP contribution is 2.50. The summed E-state index contributed by atoms with van der Waals surface area (Å²) in [4.78, 5) is 22.6. The van der Waals surface area contributed by atoms with E-state index in [1.54, 1.807) is 11.3 Å². The van der Waals surface area contributed by atoms with E-state index in [-0.39, 0.29) is 17.7 Å². The van der Waals surface area contributed by atoms with Crippen molar-refractivity contribution >= 4 is 28.8 Å². The Labute approximate surface area is 178 Å². The number of halogens is 1. The van der Waals surface area contributed by atoms with Gasteiger partial charge in [0.05, 0.1) is 11.4 Å². The predicted molar refractivity (Wildman–Crippen MR) is 112 cm³/mol. The Morgan fingerprint density at radius 3 is 2.76 bits per heavy atom. The van der Waals surface area contributed by atoms with Gasteiger partial charge in [0.15, 0.2) is 0 Å². The lowest BCUT2D eigenvalue weighted by Gasteiger charge is -2.34. The van der Waals surface area contributed by atoms with Crippen LogP contribution in [-0.4, -0.2) is 52.0 Å². The maximum absolute atomic E-state index is 12.9. The second-order valence-corrected chi connectivity index (χ2v) is 8.92. The van der Waals surface area contributed by atoms with Gasteiger partial charge >= 0.3 is 0 Å². The lowest BCUT2D eigenvalue weighted by molar-refractivity contribution is -0.134. The van der Waals surface area contributed by atoms with Gasteiger partial charge in [0, 0.05) is 37.1 Å². The van der Waals surface area contributed by atoms with Crippen LogP contribution < -0.4 is 0 Å². The first-order valence-electron chi connectivity index (χ1n) is 9.81. The second kappa shape index (κ2) is 7.89. The number of amides is 1. The van der Waals surface area contributed by atoms with Crippen molar-refractivity contribution in [3.63, 3.8) is 0 Å². The fourth-order valence-corrected chi connectivity index (χ4v) is 4.89. The average Bonchev–Trinajstić information content (AvgIpc) is 3.12. The van der Waals surface area contributed by atoms with Crippen LogP contribution in [0.4, 0.5) is 0 Å². The van der Waals surface area contributed by atoms with Gasteiger partial charge < -0.3 is 9.42 Å². The molecule has 1 saturated heterocycles. The van der Waals surface area contributed by atoms with Crippen molar-refractivity contribution in [3.05, 3.63) is 58.3 Å². The molecule has 1 aromatic carbocycles. The van der Waals surface area contributed by atoms with E-state index in [1.165, 1.54) is 0 Å². The smallest absolute Gasteiger partial charge is 0.241 e. The van der Waals surface area contributed by atoms with Crippen LogP contribution in [0.1, 0.15) is 23.8 Å². The second-order valence-electron chi connectivity index (χ2n) is 7.56. The minimum atomic E-state index is 0.0748. The van der Waals surface area contributed by atoms with Gasteiger partial charge in [-0.15, -0.1) is 11.3 Å². The van der Waals surface area contributed by atoms with Crippen LogP contribution in [0.2, 0.25) is 5.02 Å². The summed E-state index contributed by atoms with van der Waals surface area (Å²) >= 11 is 7.89. The number of thiophene rings is 1. The number of nitrogens with zero attached hydrogens (tertiary/aromatic N) is 4. The van der Waals surface area contributed by atoms with Crippen molar-refractivity contribution in [3.8, 4) is 10.7 Å². The predicted octanol–water partition coefficient (Wildman–Crippen LogP) is 3.90. The topological polar surface area (TPSA) is 62.5 Å². The van der Waals surface area contributed by atoms with Gasteiger partial charge in [-0.05, 0) is 35.4 Å². The molecule has 6 nitrogen and oxygen atoms in total. The number of aromatic nitrogens is 2. The third-order valence-electron chi connectivity index (χ3n) is 5.66. The Morgan fingerprint density at radius 2 is 2.00 bits per heavy atom. The number of carbonyl (C=O) groups is 1. The minimum Gasteiger partial charge on any atom is -0.340 e. The number of hydrogen-bond acceptors (Lipinski definition) is 6. The fraction of sp³-hybridized carbons (Fsp3) is 0.381. The van der Waals surface area contributed by atoms with Crippen molar-refractivity contribution in [2.45, 2.75) is 18.9 Å². The molecule has 2 unspecified atom stereocenters. The Hall–Kier alpha value is -2.22. The minimum absolute atomic E-state index is 0.0748. The SMILES string of the molecule is O=C(C1CC1c1ccccc1Cl)N1CCN(Cc2nc(-c3cccs3)no2)CC1. The molecule has 1 amide bonds. The number of benzene rings is 1. The van der Waals surface area contributed by atoms with E-state index in [1.807, 2.05) is 46.7 Å². The molecule has 0 bridgehead atoms. The van der Waals surface area contributed by atoms with Crippen molar-refractivity contribution in [2.75, 3.05) is 26.2 Å². The number of rotatable bonds is 5. The van der Waals surface area contributed by atoms with Gasteiger partial charge in [0.25, 0.3) is 0 Å². The van der Waals surface area contributed by atoms with E-state index < -0.39 is 0 Å². The Morgan fingerprint density at radius 1 is 1.17 bits per heavy atom. The molecule has 5 rings (SSSR count). The summed E-state index contributed by atoms with van der Waals surface area (Å²) < 4.78 is 5.40. The highest BCUT2D eigenvalue weighted by molar-refractivity contribution is 7.13. The summed E-state index contributed by atoms with van der Waals surface area (Å²) in [6, 6.07) is 11.8. The van der Waals surface area contributed by atoms with Gasteiger partial charge in [0.2, 0.25) is 17.6 Å². The van der Waals surface area contributed by atoms with Crippen molar-refractivity contribution in [1.82, 2.24) is 19.9 Å². The van der Waals surface area contributed by atoms with Crippen LogP contribution >= 0.6 is 22.9 Å². The Kier molecular flexibility index (Phi) is 5.11. The summed E-state index contributed by atoms with van der Waals surface area (Å²) in [6.07, 6.45) is 0.899. The Balaban J connectivity index is 1.13. The lowest BCUT2D eigenvalue weighted by atomic mass is 10.1. The van der Waals surface area contributed by atoms with Crippen LogP contribution in [0.25, 0.3) is 10.7 Å². The van der Waals surface area contributed by atoms with Crippen LogP contribution in [0.5, 0.6) is 0 Å². The summed E-state index contributed by atoms with van der Waals surface area (Å²) in [7, 11) is 0. The maximum atomic E-state index is 12.9. The van der Waals surface area contributed by atoms with Crippen LogP contribution in [0, 0.1) is 5.92 Å². The number of carbonyl (C=O) groups excluding carboxylic acids is 1. The molecule has 29 heavy (non-hydrogen) atoms. The van der Waals surface area contributed by atoms with Crippen molar-refractivity contribution < 1.29 is 9.32 Å². The number of piperazine rings is 1. The first kappa shape index (κ1) is 18.8. The highest BCUT2D eigenvalue weighted by atomic mass is 35.5. The van der Waals surface area contributed by atoms with Gasteiger partial charge in [-0.1, -0.05) is 41.0 Å². The van der Waals surface area contributed by atoms with E-state index in [9.17, 15) is 4.79 Å². The summed E-state index contributed by atoms with van der Waals surface area (Å²) in [5.41, 5.74) is 1.10. The van der Waals surface area contributed by atoms with Gasteiger partial charge in [0.1, 0.15) is 0 Å². The molecule has 2 aliphatic rings. The lowest BCUT2D eigenvalue weighted by Crippen LogP contribution is -2.48. The van der Waals surface area contributed by atoms with Crippen molar-refractivity contribution in [1.29, 1.82) is 0 Å². The first-order chi connectivity index (χ1) is 14.2. The molecule has 150 valence electrons. The third kappa shape index (κ3) is 3.95. The fourth-order valence-electron chi connectivity index (χ4n) is 3.96. The largest absolute Gasteiger partial charge is 0.340 e. The van der Waals surface area contributed by atoms with Crippen LogP contribution in [-0.2, 0) is 11.3 Å². The van der Waals surface area contributed by atoms with E-state index in [0.29, 0.717) is 18.3 Å². The number of hydrogen-bond donors (Lipinski definition) is 0. The Bertz CT molecular complexity index is 998. The normalized spacial score (nSPS) is 22.0. The van der Waals surface area contributed by atoms with Crippen LogP contribution in [0.3, 0.4) is 0 Å². The van der Waals surface area contributed by atoms with Gasteiger partial charge in [-0.25, -0.2) is 0 Å². The van der Waals surface area contributed by atoms with Gasteiger partial charge in [-0.2, -0.15) is 4.98 Å². The first-order valence-corrected chi connectivity index (χ1v) is 11.1. The molecular weight excluding hydrogens is 408 g/mol. The van der Waals surface area contributed by atoms with E-state index in [4.69, 9.17) is 16.1 Å². The molecule has 1 aliphatic carbocycles. The zero-order valence-electron chi connectivity index (χ0n) is 15.8. The van der Waals surface area contributed by atoms with Gasteiger partial charge in [-0.3, -0.25) is 9.69 Å². The molecule has 2 fully saturated rings. The summed E-state index contributed by atoms with van der Waals surface area (Å²) in [6.45, 7) is 3.71. The molecule has 3 aromatic rings. The van der Waals surface area contributed by atoms with Crippen molar-refractivity contribution in [2.24, 2.45) is 5.92 Å². The standard InChI is InChI=1S/C21H21ClN4O2S/c22-17-5-2-1-4-14(17)15-12-16(15)21(27)26-9-7-25(8-10-26)13-19-23-20(24-28-19)18-6-3-11-29-18/h1-6,11,15-16H,7-10,12-13H2. The highest BCUT2D eigenvalue weighted by Gasteiger charge is 2.46. The molecule has 1 saturated carbocycles. The summed E-state index contributed by atoms with van der Waals surface area (Å²) in [5, 5.41) is 6.83. The maximum Gasteiger partial charge on any atom is 0.241 e. The van der Waals surface area contributed by atoms with E-state index >= 15 is 0 Å². The zero-order valence-corrected chi connectivity index (χ0v) is 17.4. The average molecular weight is 429 g/mol. The molecule has 2 atom stereocenters. The monoisotopic (exact) mass is 428 g/mol. The molecule has 1 aliphatic heterocycles. The molecule has 0 radical (unpaired) electrons. The molecule has 0 spiro atoms. The molecule has 2 aromatic heterocycles. The van der Waals surface area contributed by atoms with Crippen LogP contribution in [0.15, 0.2) is 46.3 Å². The van der Waals surface area contributed by atoms with E-state index in [0.717, 1.165) is 48.1 Å². The molecular formula is C21H21ClN4O2S. The zero-order chi connectivity index (χ0) is 19.8. The quantitative estimate of drug-likeness (QED) is 0.616. The molecule has 8 heteroatoms. The van der Waals surface area contributed by atoms with E-state index in [2.05, 4.69) is 15.0 Å².